The number of nitrogens with zero attached hydrogens (tertiary/aromatic N) is 4. The van der Waals surface area contributed by atoms with E-state index >= 15 is 0 Å². The van der Waals surface area contributed by atoms with Crippen LogP contribution >= 0.6 is 0 Å². The lowest BCUT2D eigenvalue weighted by atomic mass is 9.85. The van der Waals surface area contributed by atoms with Gasteiger partial charge in [-0.25, -0.2) is 14.2 Å². The fourth-order valence-electron chi connectivity index (χ4n) is 5.42. The van der Waals surface area contributed by atoms with Gasteiger partial charge >= 0.3 is 6.03 Å². The van der Waals surface area contributed by atoms with Gasteiger partial charge in [0.05, 0.1) is 11.3 Å². The molecule has 7 nitrogen and oxygen atoms in total. The van der Waals surface area contributed by atoms with E-state index in [1.54, 1.807) is 12.1 Å². The number of hydrogen-bond acceptors (Lipinski definition) is 4. The molecule has 1 fully saturated rings. The first kappa shape index (κ1) is 21.1. The molecule has 0 unspecified atom stereocenters. The van der Waals surface area contributed by atoms with E-state index in [4.69, 9.17) is 4.98 Å². The topological polar surface area (TPSA) is 70.5 Å². The van der Waals surface area contributed by atoms with Gasteiger partial charge in [-0.3, -0.25) is 14.3 Å². The molecular formula is C24H30FN5O2. The lowest BCUT2D eigenvalue weighted by molar-refractivity contribution is 0.202. The van der Waals surface area contributed by atoms with E-state index in [1.807, 2.05) is 29.4 Å². The summed E-state index contributed by atoms with van der Waals surface area (Å²) in [6.07, 6.45) is 2.40. The number of carbonyl (C=O) groups is 1. The molecule has 2 amide bonds. The summed E-state index contributed by atoms with van der Waals surface area (Å²) in [5, 5.41) is 2.97. The smallest absolute Gasteiger partial charge is 0.317 e. The first-order valence-corrected chi connectivity index (χ1v) is 11.5. The molecule has 8 heteroatoms. The molecule has 1 atom stereocenters. The van der Waals surface area contributed by atoms with Crippen molar-refractivity contribution in [2.45, 2.75) is 64.2 Å². The maximum atomic E-state index is 13.5. The van der Waals surface area contributed by atoms with Gasteiger partial charge in [-0.15, -0.1) is 0 Å². The first-order valence-electron chi connectivity index (χ1n) is 11.5. The molecule has 0 saturated carbocycles. The molecule has 170 valence electrons. The van der Waals surface area contributed by atoms with Crippen LogP contribution in [0.15, 0.2) is 29.1 Å². The van der Waals surface area contributed by atoms with E-state index in [-0.39, 0.29) is 28.9 Å². The van der Waals surface area contributed by atoms with Gasteiger partial charge in [0.15, 0.2) is 0 Å². The van der Waals surface area contributed by atoms with Crippen LogP contribution in [0.25, 0.3) is 0 Å². The average Bonchev–Trinajstić information content (AvgIpc) is 3.34. The van der Waals surface area contributed by atoms with Crippen molar-refractivity contribution in [2.24, 2.45) is 0 Å². The third-order valence-corrected chi connectivity index (χ3v) is 7.03. The van der Waals surface area contributed by atoms with Crippen LogP contribution in [0.4, 0.5) is 9.18 Å². The molecule has 4 heterocycles. The number of likely N-dealkylation sites (tertiary alicyclic amines) is 1. The summed E-state index contributed by atoms with van der Waals surface area (Å²) in [4.78, 5) is 35.0. The Hall–Kier alpha value is -2.74. The molecule has 0 radical (unpaired) electrons. The van der Waals surface area contributed by atoms with Crippen molar-refractivity contribution in [2.75, 3.05) is 19.6 Å². The molecule has 2 aromatic rings. The van der Waals surface area contributed by atoms with Gasteiger partial charge in [0.2, 0.25) is 0 Å². The number of amides is 2. The summed E-state index contributed by atoms with van der Waals surface area (Å²) in [5.41, 5.74) is 2.40. The summed E-state index contributed by atoms with van der Waals surface area (Å²) >= 11 is 0. The van der Waals surface area contributed by atoms with E-state index in [2.05, 4.69) is 10.2 Å². The second-order valence-electron chi connectivity index (χ2n) is 9.71. The third kappa shape index (κ3) is 3.70. The minimum absolute atomic E-state index is 0.0383. The van der Waals surface area contributed by atoms with Gasteiger partial charge < -0.3 is 10.2 Å². The second kappa shape index (κ2) is 7.99. The Morgan fingerprint density at radius 1 is 1.25 bits per heavy atom. The van der Waals surface area contributed by atoms with Crippen molar-refractivity contribution in [3.8, 4) is 0 Å². The maximum Gasteiger partial charge on any atom is 0.317 e. The highest BCUT2D eigenvalue weighted by atomic mass is 19.1. The first-order chi connectivity index (χ1) is 15.3. The largest absolute Gasteiger partial charge is 0.336 e. The highest BCUT2D eigenvalue weighted by molar-refractivity contribution is 5.75. The van der Waals surface area contributed by atoms with Gasteiger partial charge in [-0.05, 0) is 44.4 Å². The Kier molecular flexibility index (Phi) is 5.28. The van der Waals surface area contributed by atoms with Gasteiger partial charge in [0.1, 0.15) is 11.6 Å². The Morgan fingerprint density at radius 3 is 2.84 bits per heavy atom. The zero-order valence-electron chi connectivity index (χ0n) is 18.7. The lowest BCUT2D eigenvalue weighted by Gasteiger charge is -2.30. The number of urea groups is 1. The molecule has 3 aliphatic rings. The van der Waals surface area contributed by atoms with Crippen LogP contribution in [0.5, 0.6) is 0 Å². The van der Waals surface area contributed by atoms with E-state index in [0.29, 0.717) is 39.1 Å². The van der Waals surface area contributed by atoms with Gasteiger partial charge in [0, 0.05) is 57.1 Å². The number of benzene rings is 1. The Morgan fingerprint density at radius 2 is 2.06 bits per heavy atom. The highest BCUT2D eigenvalue weighted by Gasteiger charge is 2.48. The molecule has 1 aromatic heterocycles. The summed E-state index contributed by atoms with van der Waals surface area (Å²) in [6.45, 7) is 7.80. The molecule has 32 heavy (non-hydrogen) atoms. The van der Waals surface area contributed by atoms with Gasteiger partial charge in [-0.2, -0.15) is 0 Å². The van der Waals surface area contributed by atoms with Crippen LogP contribution in [0.2, 0.25) is 0 Å². The van der Waals surface area contributed by atoms with Crippen LogP contribution < -0.4 is 10.9 Å². The van der Waals surface area contributed by atoms with Crippen molar-refractivity contribution in [1.82, 2.24) is 24.7 Å². The number of carbonyl (C=O) groups excluding carboxylic acids is 1. The Balaban J connectivity index is 1.37. The van der Waals surface area contributed by atoms with Crippen molar-refractivity contribution >= 4 is 6.03 Å². The predicted octanol–water partition coefficient (Wildman–Crippen LogP) is 2.41. The minimum Gasteiger partial charge on any atom is -0.336 e. The number of halogens is 1. The van der Waals surface area contributed by atoms with Crippen LogP contribution in [0, 0.1) is 5.82 Å². The van der Waals surface area contributed by atoms with Crippen LogP contribution in [0.3, 0.4) is 0 Å². The van der Waals surface area contributed by atoms with Crippen molar-refractivity contribution in [3.63, 3.8) is 0 Å². The second-order valence-corrected chi connectivity index (χ2v) is 9.71. The van der Waals surface area contributed by atoms with Crippen molar-refractivity contribution in [3.05, 3.63) is 63.1 Å². The maximum absolute atomic E-state index is 13.5. The van der Waals surface area contributed by atoms with Crippen molar-refractivity contribution < 1.29 is 9.18 Å². The number of nitrogens with one attached hydrogen (secondary N) is 1. The van der Waals surface area contributed by atoms with E-state index in [0.717, 1.165) is 42.0 Å². The monoisotopic (exact) mass is 439 g/mol. The molecular weight excluding hydrogens is 409 g/mol. The van der Waals surface area contributed by atoms with E-state index in [1.165, 1.54) is 6.07 Å². The molecule has 3 aliphatic heterocycles. The molecule has 0 bridgehead atoms. The minimum atomic E-state index is -0.238. The summed E-state index contributed by atoms with van der Waals surface area (Å²) < 4.78 is 15.4. The third-order valence-electron chi connectivity index (χ3n) is 7.03. The van der Waals surface area contributed by atoms with Crippen LogP contribution in [-0.4, -0.2) is 51.1 Å². The molecule has 1 aromatic carbocycles. The molecule has 0 aliphatic carbocycles. The highest BCUT2D eigenvalue weighted by Crippen LogP contribution is 2.41. The zero-order chi connectivity index (χ0) is 22.5. The number of aromatic nitrogens is 2. The zero-order valence-corrected chi connectivity index (χ0v) is 18.7. The SMILES string of the molecule is CC(C)NC(=O)N1CC[C@]2(CCn3c2nc2c(c3=O)CN(Cc3cccc(F)c3)CC2)C1. The Bertz CT molecular complexity index is 1110. The number of hydrogen-bond donors (Lipinski definition) is 1. The normalized spacial score (nSPS) is 22.4. The van der Waals surface area contributed by atoms with E-state index in [9.17, 15) is 14.0 Å². The summed E-state index contributed by atoms with van der Waals surface area (Å²) in [7, 11) is 0. The van der Waals surface area contributed by atoms with Crippen molar-refractivity contribution in [1.29, 1.82) is 0 Å². The van der Waals surface area contributed by atoms with Crippen LogP contribution in [-0.2, 0) is 31.5 Å². The van der Waals surface area contributed by atoms with Gasteiger partial charge in [0.25, 0.3) is 5.56 Å². The quantitative estimate of drug-likeness (QED) is 0.798. The van der Waals surface area contributed by atoms with E-state index < -0.39 is 0 Å². The fraction of sp³-hybridized carbons (Fsp3) is 0.542. The average molecular weight is 440 g/mol. The molecule has 1 N–H and O–H groups in total. The van der Waals surface area contributed by atoms with Gasteiger partial charge in [-0.1, -0.05) is 12.1 Å². The van der Waals surface area contributed by atoms with Crippen LogP contribution in [0.1, 0.15) is 49.3 Å². The summed E-state index contributed by atoms with van der Waals surface area (Å²) in [5.74, 6) is 0.622. The standard InChI is InChI=1S/C24H30FN5O2/c1-16(2)26-23(32)29-10-7-24(15-29)8-11-30-21(31)19-14-28(9-6-20(19)27-22(24)30)13-17-4-3-5-18(25)12-17/h3-5,12,16H,6-11,13-15H2,1-2H3,(H,26,32)/t24-/m0/s1. The molecule has 1 spiro atoms. The molecule has 5 rings (SSSR count). The fourth-order valence-corrected chi connectivity index (χ4v) is 5.42. The number of rotatable bonds is 3. The lowest BCUT2D eigenvalue weighted by Crippen LogP contribution is -2.43. The number of fused-ring (bicyclic) bond motifs is 3. The Labute approximate surface area is 187 Å². The predicted molar refractivity (Wildman–Crippen MR) is 119 cm³/mol. The molecule has 1 saturated heterocycles. The summed E-state index contributed by atoms with van der Waals surface area (Å²) in [6, 6.07) is 6.69.